The molecule has 0 saturated heterocycles. The highest BCUT2D eigenvalue weighted by molar-refractivity contribution is 7.84. The van der Waals surface area contributed by atoms with E-state index in [-0.39, 0.29) is 11.7 Å². The quantitative estimate of drug-likeness (QED) is 0.207. The number of nitrogens with two attached hydrogens (primary N) is 1. The second kappa shape index (κ2) is 10.8. The first kappa shape index (κ1) is 28.1. The van der Waals surface area contributed by atoms with Crippen molar-refractivity contribution in [2.24, 2.45) is 5.14 Å². The molecule has 0 aliphatic rings. The molecule has 0 spiro atoms. The predicted octanol–water partition coefficient (Wildman–Crippen LogP) is 6.08. The van der Waals surface area contributed by atoms with Crippen molar-refractivity contribution in [1.82, 2.24) is 20.3 Å². The molecule has 0 bridgehead atoms. The van der Waals surface area contributed by atoms with E-state index >= 15 is 4.39 Å². The van der Waals surface area contributed by atoms with Gasteiger partial charge in [0.1, 0.15) is 11.5 Å². The number of aromatic nitrogens is 4. The molecule has 5 aromatic rings. The number of aromatic amines is 1. The molecule has 0 amide bonds. The maximum atomic E-state index is 16.3. The van der Waals surface area contributed by atoms with Crippen LogP contribution in [0, 0.1) is 5.82 Å². The van der Waals surface area contributed by atoms with Gasteiger partial charge in [0.15, 0.2) is 5.58 Å². The summed E-state index contributed by atoms with van der Waals surface area (Å²) in [6.45, 7) is 10.1. The van der Waals surface area contributed by atoms with Crippen molar-refractivity contribution in [3.8, 4) is 22.5 Å². The van der Waals surface area contributed by atoms with Crippen molar-refractivity contribution >= 4 is 35.2 Å². The Kier molecular flexibility index (Phi) is 7.60. The molecular weight excluding hydrogens is 542 g/mol. The van der Waals surface area contributed by atoms with Gasteiger partial charge in [-0.3, -0.25) is 10.2 Å². The van der Waals surface area contributed by atoms with Crippen molar-refractivity contribution < 1.29 is 13.1 Å². The largest absolute Gasteiger partial charge is 0.356 e. The topological polar surface area (TPSA) is 111 Å². The van der Waals surface area contributed by atoms with Crippen LogP contribution in [0.25, 0.3) is 33.5 Å². The van der Waals surface area contributed by atoms with Crippen LogP contribution in [0.15, 0.2) is 71.5 Å². The molecule has 0 aliphatic heterocycles. The molecule has 208 valence electrons. The monoisotopic (exact) mass is 575 g/mol. The molecule has 5 rings (SSSR count). The first-order valence-corrected chi connectivity index (χ1v) is 18.0. The van der Waals surface area contributed by atoms with Crippen molar-refractivity contribution in [1.29, 1.82) is 0 Å². The first-order chi connectivity index (χ1) is 19.0. The molecule has 0 aliphatic carbocycles. The summed E-state index contributed by atoms with van der Waals surface area (Å²) in [6, 6.07) is 17.5. The molecule has 2 atom stereocenters. The molecule has 0 fully saturated rings. The van der Waals surface area contributed by atoms with Crippen LogP contribution < -0.4 is 10.3 Å². The van der Waals surface area contributed by atoms with E-state index in [1.807, 2.05) is 68.4 Å². The van der Waals surface area contributed by atoms with Gasteiger partial charge in [-0.1, -0.05) is 61.2 Å². The summed E-state index contributed by atoms with van der Waals surface area (Å²) in [4.78, 5) is 4.82. The highest BCUT2D eigenvalue weighted by Gasteiger charge is 2.33. The van der Waals surface area contributed by atoms with Gasteiger partial charge in [0.05, 0.1) is 41.4 Å². The lowest BCUT2D eigenvalue weighted by Crippen LogP contribution is -2.41. The second-order valence-corrected chi connectivity index (χ2v) is 18.6. The fraction of sp³-hybridized carbons (Fsp3) is 0.300. The number of nitrogens with zero attached hydrogens (tertiary/aromatic N) is 3. The first-order valence-electron chi connectivity index (χ1n) is 13.2. The van der Waals surface area contributed by atoms with Crippen LogP contribution in [-0.2, 0) is 17.4 Å². The average molecular weight is 576 g/mol. The van der Waals surface area contributed by atoms with Gasteiger partial charge in [0.25, 0.3) is 0 Å². The fourth-order valence-corrected chi connectivity index (χ4v) is 6.89. The van der Waals surface area contributed by atoms with Crippen LogP contribution in [0.4, 0.5) is 4.39 Å². The Hall–Kier alpha value is -3.47. The highest BCUT2D eigenvalue weighted by atomic mass is 32.2. The zero-order valence-corrected chi connectivity index (χ0v) is 25.2. The van der Waals surface area contributed by atoms with Gasteiger partial charge in [-0.2, -0.15) is 5.10 Å². The summed E-state index contributed by atoms with van der Waals surface area (Å²) in [5.41, 5.74) is 5.09. The minimum atomic E-state index is -2.07. The van der Waals surface area contributed by atoms with Gasteiger partial charge in [-0.25, -0.2) is 13.6 Å². The molecule has 2 aromatic carbocycles. The summed E-state index contributed by atoms with van der Waals surface area (Å²) in [5, 5.41) is 18.9. The van der Waals surface area contributed by atoms with E-state index < -0.39 is 23.8 Å². The summed E-state index contributed by atoms with van der Waals surface area (Å²) in [5.74, 6) is -0.530. The molecule has 3 N–H and O–H groups in total. The second-order valence-electron chi connectivity index (χ2n) is 11.8. The number of hydrogen-bond donors (Lipinski definition) is 2. The standard InChI is InChI=1S/C30H34FN5O2SSi/c1-30(2,39(32)37)16-19(21-10-6-7-11-22(21)29-23-12-8-9-13-26(23)38-36-29)14-25-28(31)27(40(3,4)5)15-24(35-25)20-17-33-34-18-20/h6-13,15,17-19H,14,16,32H2,1-5H3,(H,33,34)/t19-,39?/m0/s1. The lowest BCUT2D eigenvalue weighted by Gasteiger charge is -2.29. The summed E-state index contributed by atoms with van der Waals surface area (Å²) in [6.07, 6.45) is 4.20. The normalized spacial score (nSPS) is 14.0. The Morgan fingerprint density at radius 3 is 2.55 bits per heavy atom. The van der Waals surface area contributed by atoms with E-state index in [2.05, 4.69) is 35.0 Å². The number of benzene rings is 2. The Labute approximate surface area is 237 Å². The van der Waals surface area contributed by atoms with Gasteiger partial charge < -0.3 is 4.52 Å². The predicted molar refractivity (Wildman–Crippen MR) is 162 cm³/mol. The lowest BCUT2D eigenvalue weighted by molar-refractivity contribution is 0.459. The molecule has 0 saturated carbocycles. The van der Waals surface area contributed by atoms with Crippen LogP contribution in [0.2, 0.25) is 19.6 Å². The number of hydrogen-bond acceptors (Lipinski definition) is 5. The molecule has 3 heterocycles. The molecule has 7 nitrogen and oxygen atoms in total. The van der Waals surface area contributed by atoms with Gasteiger partial charge in [0.2, 0.25) is 0 Å². The SMILES string of the molecule is CC(C)(C[C@H](Cc1nc(-c2cn[nH]c2)cc([Si](C)(C)C)c1F)c1ccccc1-c1noc2ccccc12)S(N)=O. The summed E-state index contributed by atoms with van der Waals surface area (Å²) < 4.78 is 33.8. The number of halogens is 1. The molecule has 0 radical (unpaired) electrons. The number of H-pyrrole nitrogens is 1. The number of rotatable bonds is 9. The summed E-state index contributed by atoms with van der Waals surface area (Å²) in [7, 11) is -3.67. The van der Waals surface area contributed by atoms with Gasteiger partial charge in [-0.05, 0) is 61.6 Å². The Morgan fingerprint density at radius 1 is 1.12 bits per heavy atom. The number of nitrogens with one attached hydrogen (secondary N) is 1. The third kappa shape index (κ3) is 5.56. The van der Waals surface area contributed by atoms with Crippen LogP contribution in [0.5, 0.6) is 0 Å². The minimum absolute atomic E-state index is 0.259. The lowest BCUT2D eigenvalue weighted by atomic mass is 9.82. The van der Waals surface area contributed by atoms with E-state index in [0.717, 1.165) is 22.1 Å². The molecule has 40 heavy (non-hydrogen) atoms. The van der Waals surface area contributed by atoms with Crippen molar-refractivity contribution in [3.05, 3.63) is 84.1 Å². The van der Waals surface area contributed by atoms with Crippen LogP contribution in [0.3, 0.4) is 0 Å². The molecule has 1 unspecified atom stereocenters. The minimum Gasteiger partial charge on any atom is -0.356 e. The van der Waals surface area contributed by atoms with Gasteiger partial charge >= 0.3 is 0 Å². The van der Waals surface area contributed by atoms with E-state index in [0.29, 0.717) is 40.7 Å². The zero-order valence-electron chi connectivity index (χ0n) is 23.4. The van der Waals surface area contributed by atoms with Crippen molar-refractivity contribution in [2.45, 2.75) is 57.0 Å². The maximum absolute atomic E-state index is 16.3. The molecule has 10 heteroatoms. The summed E-state index contributed by atoms with van der Waals surface area (Å²) >= 11 is 0. The fourth-order valence-electron chi connectivity index (χ4n) is 5.15. The van der Waals surface area contributed by atoms with Gasteiger partial charge in [-0.15, -0.1) is 0 Å². The highest BCUT2D eigenvalue weighted by Crippen LogP contribution is 2.39. The molecular formula is C30H34FN5O2SSi. The number of fused-ring (bicyclic) bond motifs is 1. The Morgan fingerprint density at radius 2 is 1.85 bits per heavy atom. The number of pyridine rings is 1. The van der Waals surface area contributed by atoms with E-state index in [1.54, 1.807) is 12.4 Å². The third-order valence-electron chi connectivity index (χ3n) is 7.38. The maximum Gasteiger partial charge on any atom is 0.167 e. The van der Waals surface area contributed by atoms with Crippen molar-refractivity contribution in [3.63, 3.8) is 0 Å². The van der Waals surface area contributed by atoms with Crippen LogP contribution in [0.1, 0.15) is 37.4 Å². The smallest absolute Gasteiger partial charge is 0.167 e. The van der Waals surface area contributed by atoms with E-state index in [9.17, 15) is 4.21 Å². The van der Waals surface area contributed by atoms with Crippen LogP contribution in [-0.4, -0.2) is 37.4 Å². The molecule has 3 aromatic heterocycles. The van der Waals surface area contributed by atoms with E-state index in [1.165, 1.54) is 0 Å². The average Bonchev–Trinajstić information content (AvgIpc) is 3.59. The van der Waals surface area contributed by atoms with Crippen LogP contribution >= 0.6 is 0 Å². The van der Waals surface area contributed by atoms with E-state index in [4.69, 9.17) is 14.6 Å². The Balaban J connectivity index is 1.68. The van der Waals surface area contributed by atoms with Crippen molar-refractivity contribution in [2.75, 3.05) is 0 Å². The number of para-hydroxylation sites is 1. The zero-order chi connectivity index (χ0) is 28.7. The Bertz CT molecular complexity index is 1680. The third-order valence-corrected chi connectivity index (χ3v) is 10.6. The van der Waals surface area contributed by atoms with Gasteiger partial charge in [0, 0.05) is 22.7 Å².